The second-order valence-corrected chi connectivity index (χ2v) is 5.04. The Bertz CT molecular complexity index is 778. The summed E-state index contributed by atoms with van der Waals surface area (Å²) in [6.45, 7) is 1.47. The first-order valence-corrected chi connectivity index (χ1v) is 6.90. The van der Waals surface area contributed by atoms with Gasteiger partial charge in [-0.2, -0.15) is 4.39 Å². The number of Topliss-reactive ketones (excluding diaryl/α,β-unsaturated/α-hetero) is 1. The van der Waals surface area contributed by atoms with E-state index in [0.29, 0.717) is 11.3 Å². The number of carbonyl (C=O) groups excluding carboxylic acids is 1. The van der Waals surface area contributed by atoms with Gasteiger partial charge in [0.15, 0.2) is 10.9 Å². The molecule has 0 heterocycles. The van der Waals surface area contributed by atoms with E-state index in [9.17, 15) is 19.3 Å². The minimum Gasteiger partial charge on any atom is -0.332 e. The zero-order valence-corrected chi connectivity index (χ0v) is 12.8. The van der Waals surface area contributed by atoms with Crippen molar-refractivity contribution in [3.63, 3.8) is 0 Å². The minimum absolute atomic E-state index is 0.0455. The summed E-state index contributed by atoms with van der Waals surface area (Å²) in [6, 6.07) is 10.0. The molecular weight excluding hydrogens is 321 g/mol. The van der Waals surface area contributed by atoms with Gasteiger partial charge < -0.3 is 10.6 Å². The first-order valence-electron chi connectivity index (χ1n) is 6.50. The fourth-order valence-electron chi connectivity index (χ4n) is 1.81. The van der Waals surface area contributed by atoms with Crippen molar-refractivity contribution in [2.24, 2.45) is 0 Å². The number of nitro groups is 1. The molecule has 0 radical (unpaired) electrons. The summed E-state index contributed by atoms with van der Waals surface area (Å²) in [5, 5.41) is 16.5. The normalized spacial score (nSPS) is 10.0. The van der Waals surface area contributed by atoms with Gasteiger partial charge in [0, 0.05) is 23.0 Å². The summed E-state index contributed by atoms with van der Waals surface area (Å²) in [6.07, 6.45) is 0. The predicted octanol–water partition coefficient (Wildman–Crippen LogP) is 3.75. The molecule has 0 bridgehead atoms. The fourth-order valence-corrected chi connectivity index (χ4v) is 2.05. The molecule has 0 amide bonds. The molecule has 23 heavy (non-hydrogen) atoms. The third-order valence-electron chi connectivity index (χ3n) is 2.95. The zero-order chi connectivity index (χ0) is 17.0. The Morgan fingerprint density at radius 2 is 1.70 bits per heavy atom. The van der Waals surface area contributed by atoms with Gasteiger partial charge in [-0.25, -0.2) is 0 Å². The van der Waals surface area contributed by atoms with Crippen molar-refractivity contribution in [3.8, 4) is 0 Å². The van der Waals surface area contributed by atoms with E-state index in [1.54, 1.807) is 24.3 Å². The van der Waals surface area contributed by atoms with Crippen molar-refractivity contribution in [2.45, 2.75) is 6.92 Å². The third kappa shape index (κ3) is 4.30. The summed E-state index contributed by atoms with van der Waals surface area (Å²) in [5.74, 6) is -0.963. The van der Waals surface area contributed by atoms with Crippen LogP contribution in [0, 0.1) is 15.9 Å². The van der Waals surface area contributed by atoms with Crippen LogP contribution in [0.4, 0.5) is 21.5 Å². The van der Waals surface area contributed by atoms with Crippen molar-refractivity contribution in [1.82, 2.24) is 0 Å². The number of thiocarbonyl (C=S) groups is 1. The molecule has 0 saturated carbocycles. The lowest BCUT2D eigenvalue weighted by Gasteiger charge is -2.11. The number of rotatable bonds is 4. The van der Waals surface area contributed by atoms with Gasteiger partial charge in [-0.05, 0) is 55.5 Å². The SMILES string of the molecule is CC(=O)c1ccc(NC(=S)Nc2ccc(F)c([N+](=O)[O-])c2)cc1. The topological polar surface area (TPSA) is 84.3 Å². The van der Waals surface area contributed by atoms with Gasteiger partial charge in [-0.1, -0.05) is 0 Å². The van der Waals surface area contributed by atoms with Crippen molar-refractivity contribution >= 4 is 40.2 Å². The molecule has 0 fully saturated rings. The highest BCUT2D eigenvalue weighted by atomic mass is 32.1. The van der Waals surface area contributed by atoms with Gasteiger partial charge in [0.05, 0.1) is 4.92 Å². The molecule has 2 aromatic rings. The van der Waals surface area contributed by atoms with E-state index in [-0.39, 0.29) is 16.6 Å². The number of ketones is 1. The minimum atomic E-state index is -0.917. The average molecular weight is 333 g/mol. The predicted molar refractivity (Wildman–Crippen MR) is 89.3 cm³/mol. The van der Waals surface area contributed by atoms with Crippen LogP contribution in [0.5, 0.6) is 0 Å². The lowest BCUT2D eigenvalue weighted by Crippen LogP contribution is -2.19. The first-order chi connectivity index (χ1) is 10.9. The summed E-state index contributed by atoms with van der Waals surface area (Å²) in [5.41, 5.74) is 0.868. The summed E-state index contributed by atoms with van der Waals surface area (Å²) >= 11 is 5.09. The molecule has 0 unspecified atom stereocenters. The maximum Gasteiger partial charge on any atom is 0.306 e. The summed E-state index contributed by atoms with van der Waals surface area (Å²) < 4.78 is 13.3. The second-order valence-electron chi connectivity index (χ2n) is 4.64. The van der Waals surface area contributed by atoms with Crippen molar-refractivity contribution in [1.29, 1.82) is 0 Å². The average Bonchev–Trinajstić information content (AvgIpc) is 2.49. The maximum atomic E-state index is 13.3. The van der Waals surface area contributed by atoms with Gasteiger partial charge in [-0.3, -0.25) is 14.9 Å². The molecule has 0 aromatic heterocycles. The lowest BCUT2D eigenvalue weighted by molar-refractivity contribution is -0.387. The van der Waals surface area contributed by atoms with Gasteiger partial charge >= 0.3 is 5.69 Å². The third-order valence-corrected chi connectivity index (χ3v) is 3.15. The van der Waals surface area contributed by atoms with Crippen LogP contribution < -0.4 is 10.6 Å². The molecule has 118 valence electrons. The standard InChI is InChI=1S/C15H12FN3O3S/c1-9(20)10-2-4-11(5-3-10)17-15(23)18-12-6-7-13(16)14(8-12)19(21)22/h2-8H,1H3,(H2,17,18,23). The van der Waals surface area contributed by atoms with E-state index in [1.165, 1.54) is 13.0 Å². The molecule has 2 aromatic carbocycles. The maximum absolute atomic E-state index is 13.3. The Hall–Kier alpha value is -2.87. The fraction of sp³-hybridized carbons (Fsp3) is 0.0667. The molecular formula is C15H12FN3O3S. The van der Waals surface area contributed by atoms with E-state index >= 15 is 0 Å². The quantitative estimate of drug-likeness (QED) is 0.384. The van der Waals surface area contributed by atoms with Gasteiger partial charge in [-0.15, -0.1) is 0 Å². The number of anilines is 2. The Balaban J connectivity index is 2.06. The van der Waals surface area contributed by atoms with Crippen LogP contribution in [0.2, 0.25) is 0 Å². The molecule has 6 nitrogen and oxygen atoms in total. The highest BCUT2D eigenvalue weighted by molar-refractivity contribution is 7.80. The Labute approximate surface area is 136 Å². The molecule has 0 aliphatic heterocycles. The number of hydrogen-bond acceptors (Lipinski definition) is 4. The molecule has 0 aliphatic carbocycles. The van der Waals surface area contributed by atoms with Crippen molar-refractivity contribution in [3.05, 3.63) is 64.0 Å². The highest BCUT2D eigenvalue weighted by Crippen LogP contribution is 2.21. The molecule has 0 atom stereocenters. The first kappa shape index (κ1) is 16.5. The molecule has 2 N–H and O–H groups in total. The van der Waals surface area contributed by atoms with Crippen LogP contribution in [-0.2, 0) is 0 Å². The smallest absolute Gasteiger partial charge is 0.306 e. The monoisotopic (exact) mass is 333 g/mol. The number of nitrogens with one attached hydrogen (secondary N) is 2. The van der Waals surface area contributed by atoms with E-state index < -0.39 is 16.4 Å². The number of halogens is 1. The molecule has 0 saturated heterocycles. The number of carbonyl (C=O) groups is 1. The van der Waals surface area contributed by atoms with Crippen LogP contribution in [-0.4, -0.2) is 15.8 Å². The van der Waals surface area contributed by atoms with E-state index in [1.807, 2.05) is 0 Å². The number of nitro benzene ring substituents is 1. The summed E-state index contributed by atoms with van der Waals surface area (Å²) in [4.78, 5) is 21.1. The van der Waals surface area contributed by atoms with Gasteiger partial charge in [0.25, 0.3) is 0 Å². The highest BCUT2D eigenvalue weighted by Gasteiger charge is 2.14. The molecule has 8 heteroatoms. The van der Waals surface area contributed by atoms with Crippen molar-refractivity contribution < 1.29 is 14.1 Å². The molecule has 0 aliphatic rings. The largest absolute Gasteiger partial charge is 0.332 e. The van der Waals surface area contributed by atoms with Crippen LogP contribution in [0.3, 0.4) is 0 Å². The second kappa shape index (κ2) is 6.93. The van der Waals surface area contributed by atoms with Crippen LogP contribution >= 0.6 is 12.2 Å². The van der Waals surface area contributed by atoms with Crippen LogP contribution in [0.1, 0.15) is 17.3 Å². The van der Waals surface area contributed by atoms with Crippen LogP contribution in [0.15, 0.2) is 42.5 Å². The van der Waals surface area contributed by atoms with Crippen molar-refractivity contribution in [2.75, 3.05) is 10.6 Å². The van der Waals surface area contributed by atoms with E-state index in [2.05, 4.69) is 10.6 Å². The van der Waals surface area contributed by atoms with Gasteiger partial charge in [0.2, 0.25) is 5.82 Å². The molecule has 0 spiro atoms. The lowest BCUT2D eigenvalue weighted by atomic mass is 10.1. The Morgan fingerprint density at radius 3 is 2.26 bits per heavy atom. The van der Waals surface area contributed by atoms with Gasteiger partial charge in [0.1, 0.15) is 0 Å². The Morgan fingerprint density at radius 1 is 1.13 bits per heavy atom. The molecule has 2 rings (SSSR count). The van der Waals surface area contributed by atoms with Crippen LogP contribution in [0.25, 0.3) is 0 Å². The summed E-state index contributed by atoms with van der Waals surface area (Å²) in [7, 11) is 0. The number of benzene rings is 2. The Kier molecular flexibility index (Phi) is 4.97. The van der Waals surface area contributed by atoms with E-state index in [4.69, 9.17) is 12.2 Å². The van der Waals surface area contributed by atoms with E-state index in [0.717, 1.165) is 12.1 Å². The number of nitrogens with zero attached hydrogens (tertiary/aromatic N) is 1. The zero-order valence-electron chi connectivity index (χ0n) is 12.0. The number of hydrogen-bond donors (Lipinski definition) is 2.